The van der Waals surface area contributed by atoms with E-state index in [1.54, 1.807) is 17.2 Å². The van der Waals surface area contributed by atoms with Crippen LogP contribution >= 0.6 is 0 Å². The number of rotatable bonds is 5. The number of benzene rings is 2. The van der Waals surface area contributed by atoms with Gasteiger partial charge in [-0.2, -0.15) is 0 Å². The van der Waals surface area contributed by atoms with Crippen molar-refractivity contribution in [1.82, 2.24) is 9.88 Å². The highest BCUT2D eigenvalue weighted by Crippen LogP contribution is 2.32. The molecule has 154 valence electrons. The fourth-order valence-electron chi connectivity index (χ4n) is 4.22. The maximum atomic E-state index is 13.7. The summed E-state index contributed by atoms with van der Waals surface area (Å²) in [4.78, 5) is 31.1. The summed E-state index contributed by atoms with van der Waals surface area (Å²) >= 11 is 0. The molecule has 3 aromatic rings. The average molecular weight is 404 g/mol. The summed E-state index contributed by atoms with van der Waals surface area (Å²) in [5.41, 5.74) is 3.92. The number of aryl methyl sites for hydroxylation is 1. The van der Waals surface area contributed by atoms with Crippen LogP contribution in [0.15, 0.2) is 54.7 Å². The molecule has 0 aliphatic carbocycles. The monoisotopic (exact) mass is 404 g/mol. The molecule has 0 spiro atoms. The van der Waals surface area contributed by atoms with Crippen LogP contribution in [0.2, 0.25) is 0 Å². The number of carbonyl (C=O) groups is 2. The third-order valence-electron chi connectivity index (χ3n) is 5.99. The van der Waals surface area contributed by atoms with E-state index in [0.29, 0.717) is 13.1 Å². The fraction of sp³-hybridized carbons (Fsp3) is 0.320. The number of hydrogen-bond donors (Lipinski definition) is 0. The number of halogens is 1. The number of carbonyl (C=O) groups excluding carboxylic acids is 2. The molecular formula is C25H25FN2O2. The van der Waals surface area contributed by atoms with Crippen molar-refractivity contribution in [2.45, 2.75) is 38.5 Å². The van der Waals surface area contributed by atoms with Crippen molar-refractivity contribution in [1.29, 1.82) is 0 Å². The summed E-state index contributed by atoms with van der Waals surface area (Å²) in [6.45, 7) is 3.14. The molecule has 1 aliphatic heterocycles. The third kappa shape index (κ3) is 4.25. The van der Waals surface area contributed by atoms with Gasteiger partial charge >= 0.3 is 0 Å². The number of likely N-dealkylation sites (tertiary alicyclic amines) is 1. The van der Waals surface area contributed by atoms with Gasteiger partial charge in [0.05, 0.1) is 5.52 Å². The molecule has 0 radical (unpaired) electrons. The lowest BCUT2D eigenvalue weighted by atomic mass is 9.87. The van der Waals surface area contributed by atoms with E-state index in [1.807, 2.05) is 30.3 Å². The summed E-state index contributed by atoms with van der Waals surface area (Å²) < 4.78 is 13.7. The largest absolute Gasteiger partial charge is 0.336 e. The molecule has 1 saturated heterocycles. The first-order chi connectivity index (χ1) is 14.5. The molecule has 5 heteroatoms. The number of aromatic nitrogens is 1. The Morgan fingerprint density at radius 2 is 1.73 bits per heavy atom. The van der Waals surface area contributed by atoms with Crippen LogP contribution in [0, 0.1) is 5.82 Å². The predicted molar refractivity (Wildman–Crippen MR) is 115 cm³/mol. The van der Waals surface area contributed by atoms with E-state index in [0.717, 1.165) is 41.3 Å². The molecule has 4 nitrogen and oxygen atoms in total. The molecule has 1 aliphatic rings. The highest BCUT2D eigenvalue weighted by Gasteiger charge is 2.28. The van der Waals surface area contributed by atoms with Gasteiger partial charge < -0.3 is 4.90 Å². The van der Waals surface area contributed by atoms with Crippen molar-refractivity contribution in [3.05, 3.63) is 77.2 Å². The first kappa shape index (κ1) is 20.2. The van der Waals surface area contributed by atoms with E-state index in [-0.39, 0.29) is 23.9 Å². The minimum absolute atomic E-state index is 0.136. The van der Waals surface area contributed by atoms with Crippen molar-refractivity contribution in [2.75, 3.05) is 13.1 Å². The smallest absolute Gasteiger partial charge is 0.290 e. The van der Waals surface area contributed by atoms with Gasteiger partial charge in [-0.1, -0.05) is 31.2 Å². The average Bonchev–Trinajstić information content (AvgIpc) is 2.78. The Morgan fingerprint density at radius 1 is 1.03 bits per heavy atom. The summed E-state index contributed by atoms with van der Waals surface area (Å²) in [7, 11) is 0. The van der Waals surface area contributed by atoms with Crippen LogP contribution in [0.4, 0.5) is 4.39 Å². The first-order valence-electron chi connectivity index (χ1n) is 10.5. The lowest BCUT2D eigenvalue weighted by molar-refractivity contribution is -0.145. The minimum atomic E-state index is -0.404. The number of Topliss-reactive ketones (excluding diaryl/α,β-unsaturated/α-hetero) is 1. The second-order valence-electron chi connectivity index (χ2n) is 7.90. The van der Waals surface area contributed by atoms with Crippen LogP contribution in [0.25, 0.3) is 10.9 Å². The molecule has 0 bridgehead atoms. The standard InChI is InChI=1S/C25H25FN2O2/c1-2-17-3-5-18(6-4-17)15-24(29)25(30)28-13-10-19(11-14-28)21-9-12-27-23-8-7-20(26)16-22(21)23/h3-9,12,16,19H,2,10-11,13-15H2,1H3. The summed E-state index contributed by atoms with van der Waals surface area (Å²) in [6.07, 6.45) is 4.33. The molecule has 2 heterocycles. The molecular weight excluding hydrogens is 379 g/mol. The van der Waals surface area contributed by atoms with Crippen LogP contribution in [-0.4, -0.2) is 34.7 Å². The quantitative estimate of drug-likeness (QED) is 0.590. The van der Waals surface area contributed by atoms with E-state index in [9.17, 15) is 14.0 Å². The lowest BCUT2D eigenvalue weighted by Crippen LogP contribution is -2.42. The van der Waals surface area contributed by atoms with Gasteiger partial charge in [-0.25, -0.2) is 4.39 Å². The van der Waals surface area contributed by atoms with E-state index in [4.69, 9.17) is 0 Å². The molecule has 0 unspecified atom stereocenters. The summed E-state index contributed by atoms with van der Waals surface area (Å²) in [5.74, 6) is -0.826. The van der Waals surface area contributed by atoms with Crippen molar-refractivity contribution in [3.63, 3.8) is 0 Å². The Labute approximate surface area is 175 Å². The molecule has 2 aromatic carbocycles. The van der Waals surface area contributed by atoms with Gasteiger partial charge in [-0.15, -0.1) is 0 Å². The zero-order valence-electron chi connectivity index (χ0n) is 17.1. The molecule has 30 heavy (non-hydrogen) atoms. The Bertz CT molecular complexity index is 1070. The van der Waals surface area contributed by atoms with Gasteiger partial charge in [0.2, 0.25) is 5.78 Å². The number of amides is 1. The Balaban J connectivity index is 1.40. The number of ketones is 1. The Hall–Kier alpha value is -3.08. The number of fused-ring (bicyclic) bond motifs is 1. The SMILES string of the molecule is CCc1ccc(CC(=O)C(=O)N2CCC(c3ccnc4ccc(F)cc34)CC2)cc1. The molecule has 1 amide bonds. The third-order valence-corrected chi connectivity index (χ3v) is 5.99. The molecule has 4 rings (SSSR count). The highest BCUT2D eigenvalue weighted by atomic mass is 19.1. The van der Waals surface area contributed by atoms with E-state index in [2.05, 4.69) is 11.9 Å². The second-order valence-corrected chi connectivity index (χ2v) is 7.90. The number of piperidine rings is 1. The zero-order valence-corrected chi connectivity index (χ0v) is 17.1. The lowest BCUT2D eigenvalue weighted by Gasteiger charge is -2.32. The van der Waals surface area contributed by atoms with Gasteiger partial charge in [-0.3, -0.25) is 14.6 Å². The topological polar surface area (TPSA) is 50.3 Å². The molecule has 1 aromatic heterocycles. The van der Waals surface area contributed by atoms with E-state index < -0.39 is 5.91 Å². The van der Waals surface area contributed by atoms with E-state index in [1.165, 1.54) is 17.7 Å². The van der Waals surface area contributed by atoms with Crippen molar-refractivity contribution in [2.24, 2.45) is 0 Å². The van der Waals surface area contributed by atoms with Crippen LogP contribution in [0.3, 0.4) is 0 Å². The number of pyridine rings is 1. The van der Waals surface area contributed by atoms with Gasteiger partial charge in [0.1, 0.15) is 5.82 Å². The van der Waals surface area contributed by atoms with Gasteiger partial charge in [-0.05, 0) is 66.1 Å². The number of hydrogen-bond acceptors (Lipinski definition) is 3. The summed E-state index contributed by atoms with van der Waals surface area (Å²) in [6, 6.07) is 14.4. The van der Waals surface area contributed by atoms with E-state index >= 15 is 0 Å². The highest BCUT2D eigenvalue weighted by molar-refractivity contribution is 6.36. The summed E-state index contributed by atoms with van der Waals surface area (Å²) in [5, 5.41) is 0.828. The predicted octanol–water partition coefficient (Wildman–Crippen LogP) is 4.45. The van der Waals surface area contributed by atoms with Crippen LogP contribution in [-0.2, 0) is 22.4 Å². The van der Waals surface area contributed by atoms with Gasteiger partial charge in [0.25, 0.3) is 5.91 Å². The molecule has 0 N–H and O–H groups in total. The molecule has 0 atom stereocenters. The van der Waals surface area contributed by atoms with Crippen molar-refractivity contribution >= 4 is 22.6 Å². The molecule has 0 saturated carbocycles. The second kappa shape index (κ2) is 8.74. The maximum Gasteiger partial charge on any atom is 0.290 e. The normalized spacial score (nSPS) is 14.8. The maximum absolute atomic E-state index is 13.7. The van der Waals surface area contributed by atoms with Gasteiger partial charge in [0, 0.05) is 31.1 Å². The van der Waals surface area contributed by atoms with Crippen molar-refractivity contribution in [3.8, 4) is 0 Å². The molecule has 1 fully saturated rings. The first-order valence-corrected chi connectivity index (χ1v) is 10.5. The van der Waals surface area contributed by atoms with Gasteiger partial charge in [0.15, 0.2) is 0 Å². The van der Waals surface area contributed by atoms with Crippen LogP contribution < -0.4 is 0 Å². The van der Waals surface area contributed by atoms with Crippen LogP contribution in [0.1, 0.15) is 42.4 Å². The number of nitrogens with zero attached hydrogens (tertiary/aromatic N) is 2. The Morgan fingerprint density at radius 3 is 2.43 bits per heavy atom. The van der Waals surface area contributed by atoms with Crippen LogP contribution in [0.5, 0.6) is 0 Å². The zero-order chi connectivity index (χ0) is 21.1. The minimum Gasteiger partial charge on any atom is -0.336 e. The fourth-order valence-corrected chi connectivity index (χ4v) is 4.22. The Kier molecular flexibility index (Phi) is 5.88. The van der Waals surface area contributed by atoms with Crippen molar-refractivity contribution < 1.29 is 14.0 Å².